The van der Waals surface area contributed by atoms with Crippen molar-refractivity contribution in [2.24, 2.45) is 7.05 Å². The van der Waals surface area contributed by atoms with Gasteiger partial charge in [0, 0.05) is 17.9 Å². The van der Waals surface area contributed by atoms with Crippen LogP contribution < -0.4 is 15.3 Å². The number of carbonyl (C=O) groups excluding carboxylic acids is 2. The number of imide groups is 1. The summed E-state index contributed by atoms with van der Waals surface area (Å²) in [5.74, 6) is -0.291. The molecule has 4 rings (SSSR count). The predicted octanol–water partition coefficient (Wildman–Crippen LogP) is 3.31. The van der Waals surface area contributed by atoms with Gasteiger partial charge < -0.3 is 4.74 Å². The SMILES string of the molecule is COc1ccc(C)cc1N1C(=O)CCC(n2c(=O)n(C)c3cc(Br)ccc32)C1=O. The van der Waals surface area contributed by atoms with Crippen LogP contribution in [0.5, 0.6) is 5.75 Å². The van der Waals surface area contributed by atoms with Crippen LogP contribution in [-0.2, 0) is 16.6 Å². The van der Waals surface area contributed by atoms with Crippen molar-refractivity contribution in [2.45, 2.75) is 25.8 Å². The maximum Gasteiger partial charge on any atom is 0.329 e. The number of hydrogen-bond acceptors (Lipinski definition) is 4. The Morgan fingerprint density at radius 1 is 1.07 bits per heavy atom. The smallest absolute Gasteiger partial charge is 0.329 e. The first-order chi connectivity index (χ1) is 13.8. The van der Waals surface area contributed by atoms with Gasteiger partial charge in [0.1, 0.15) is 11.8 Å². The molecule has 2 aromatic carbocycles. The quantitative estimate of drug-likeness (QED) is 0.565. The van der Waals surface area contributed by atoms with Gasteiger partial charge in [-0.15, -0.1) is 0 Å². The summed E-state index contributed by atoms with van der Waals surface area (Å²) in [7, 11) is 3.17. The van der Waals surface area contributed by atoms with E-state index in [4.69, 9.17) is 4.74 Å². The molecule has 1 atom stereocenters. The molecule has 3 aromatic rings. The van der Waals surface area contributed by atoms with Crippen LogP contribution in [0.4, 0.5) is 5.69 Å². The molecular weight excluding hydrogens is 438 g/mol. The third kappa shape index (κ3) is 3.07. The zero-order chi connectivity index (χ0) is 20.9. The molecule has 1 aliphatic heterocycles. The van der Waals surface area contributed by atoms with Crippen LogP contribution in [0.3, 0.4) is 0 Å². The molecule has 0 aliphatic carbocycles. The Morgan fingerprint density at radius 3 is 2.55 bits per heavy atom. The van der Waals surface area contributed by atoms with Crippen LogP contribution in [0, 0.1) is 6.92 Å². The number of halogens is 1. The molecule has 0 spiro atoms. The molecule has 1 saturated heterocycles. The van der Waals surface area contributed by atoms with E-state index in [1.807, 2.05) is 31.2 Å². The molecule has 8 heteroatoms. The van der Waals surface area contributed by atoms with E-state index in [1.54, 1.807) is 19.2 Å². The predicted molar refractivity (Wildman–Crippen MR) is 113 cm³/mol. The lowest BCUT2D eigenvalue weighted by atomic mass is 10.0. The van der Waals surface area contributed by atoms with Gasteiger partial charge >= 0.3 is 5.69 Å². The summed E-state index contributed by atoms with van der Waals surface area (Å²) >= 11 is 3.42. The summed E-state index contributed by atoms with van der Waals surface area (Å²) in [6.07, 6.45) is 0.435. The number of ether oxygens (including phenoxy) is 1. The highest BCUT2D eigenvalue weighted by Crippen LogP contribution is 2.36. The maximum absolute atomic E-state index is 13.5. The lowest BCUT2D eigenvalue weighted by Gasteiger charge is -2.32. The Kier molecular flexibility index (Phi) is 4.82. The van der Waals surface area contributed by atoms with Gasteiger partial charge in [-0.3, -0.25) is 18.7 Å². The highest BCUT2D eigenvalue weighted by Gasteiger charge is 2.39. The molecule has 0 radical (unpaired) electrons. The van der Waals surface area contributed by atoms with Crippen LogP contribution in [0.2, 0.25) is 0 Å². The van der Waals surface area contributed by atoms with Gasteiger partial charge in [0.2, 0.25) is 5.91 Å². The summed E-state index contributed by atoms with van der Waals surface area (Å²) < 4.78 is 9.23. The minimum Gasteiger partial charge on any atom is -0.495 e. The Hall–Kier alpha value is -2.87. The van der Waals surface area contributed by atoms with Gasteiger partial charge in [0.25, 0.3) is 5.91 Å². The van der Waals surface area contributed by atoms with E-state index in [-0.39, 0.29) is 24.4 Å². The fourth-order valence-corrected chi connectivity index (χ4v) is 4.22. The standard InChI is InChI=1S/C21H20BrN3O4/c1-12-4-8-18(29-3)17(10-12)25-19(26)9-7-15(20(25)27)24-14-6-5-13(22)11-16(14)23(2)21(24)28/h4-6,8,10-11,15H,7,9H2,1-3H3. The van der Waals surface area contributed by atoms with Crippen molar-refractivity contribution < 1.29 is 14.3 Å². The molecular formula is C21H20BrN3O4. The van der Waals surface area contributed by atoms with Gasteiger partial charge in [-0.25, -0.2) is 9.69 Å². The van der Waals surface area contributed by atoms with Crippen molar-refractivity contribution in [3.05, 3.63) is 56.9 Å². The number of rotatable bonds is 3. The second-order valence-corrected chi connectivity index (χ2v) is 8.06. The van der Waals surface area contributed by atoms with E-state index in [2.05, 4.69) is 15.9 Å². The van der Waals surface area contributed by atoms with Crippen LogP contribution in [0.1, 0.15) is 24.4 Å². The zero-order valence-corrected chi connectivity index (χ0v) is 17.9. The lowest BCUT2D eigenvalue weighted by Crippen LogP contribution is -2.48. The van der Waals surface area contributed by atoms with E-state index in [9.17, 15) is 14.4 Å². The first kappa shape index (κ1) is 19.4. The monoisotopic (exact) mass is 457 g/mol. The fourth-order valence-electron chi connectivity index (χ4n) is 3.87. The Labute approximate surface area is 175 Å². The summed E-state index contributed by atoms with van der Waals surface area (Å²) in [6, 6.07) is 10.0. The van der Waals surface area contributed by atoms with Gasteiger partial charge in [-0.05, 0) is 49.2 Å². The number of fused-ring (bicyclic) bond motifs is 1. The minimum absolute atomic E-state index is 0.160. The molecule has 0 saturated carbocycles. The number of imidazole rings is 1. The number of nitrogens with zero attached hydrogens (tertiary/aromatic N) is 3. The van der Waals surface area contributed by atoms with Crippen LogP contribution in [0.25, 0.3) is 11.0 Å². The molecule has 2 amide bonds. The summed E-state index contributed by atoms with van der Waals surface area (Å²) in [5.41, 5.74) is 2.39. The molecule has 29 heavy (non-hydrogen) atoms. The van der Waals surface area contributed by atoms with Gasteiger partial charge in [-0.1, -0.05) is 22.0 Å². The molecule has 1 aromatic heterocycles. The Balaban J connectivity index is 1.87. The van der Waals surface area contributed by atoms with Gasteiger partial charge in [0.05, 0.1) is 23.8 Å². The number of amides is 2. The van der Waals surface area contributed by atoms with Crippen molar-refractivity contribution >= 4 is 44.5 Å². The molecule has 2 heterocycles. The van der Waals surface area contributed by atoms with Gasteiger partial charge in [-0.2, -0.15) is 0 Å². The second kappa shape index (κ2) is 7.18. The number of hydrogen-bond donors (Lipinski definition) is 0. The van der Waals surface area contributed by atoms with E-state index >= 15 is 0 Å². The number of benzene rings is 2. The number of methoxy groups -OCH3 is 1. The number of anilines is 1. The van der Waals surface area contributed by atoms with Crippen molar-refractivity contribution in [3.8, 4) is 5.75 Å². The number of piperidine rings is 1. The summed E-state index contributed by atoms with van der Waals surface area (Å²) in [4.78, 5) is 40.3. The van der Waals surface area contributed by atoms with Crippen LogP contribution in [-0.4, -0.2) is 28.1 Å². The first-order valence-electron chi connectivity index (χ1n) is 9.21. The molecule has 150 valence electrons. The topological polar surface area (TPSA) is 73.5 Å². The largest absolute Gasteiger partial charge is 0.495 e. The molecule has 1 fully saturated rings. The average molecular weight is 458 g/mol. The van der Waals surface area contributed by atoms with E-state index in [1.165, 1.54) is 16.2 Å². The normalized spacial score (nSPS) is 17.2. The highest BCUT2D eigenvalue weighted by molar-refractivity contribution is 9.10. The van der Waals surface area contributed by atoms with Gasteiger partial charge in [0.15, 0.2) is 0 Å². The number of carbonyl (C=O) groups is 2. The average Bonchev–Trinajstić information content (AvgIpc) is 2.93. The van der Waals surface area contributed by atoms with E-state index in [0.717, 1.165) is 14.9 Å². The molecule has 7 nitrogen and oxygen atoms in total. The zero-order valence-electron chi connectivity index (χ0n) is 16.3. The van der Waals surface area contributed by atoms with Crippen molar-refractivity contribution in [1.82, 2.24) is 9.13 Å². The molecule has 0 N–H and O–H groups in total. The fraction of sp³-hybridized carbons (Fsp3) is 0.286. The number of aromatic nitrogens is 2. The van der Waals surface area contributed by atoms with Crippen LogP contribution >= 0.6 is 15.9 Å². The van der Waals surface area contributed by atoms with Crippen molar-refractivity contribution in [2.75, 3.05) is 12.0 Å². The Bertz CT molecular complexity index is 1210. The van der Waals surface area contributed by atoms with Crippen molar-refractivity contribution in [3.63, 3.8) is 0 Å². The minimum atomic E-state index is -0.768. The third-order valence-electron chi connectivity index (χ3n) is 5.32. The third-order valence-corrected chi connectivity index (χ3v) is 5.82. The Morgan fingerprint density at radius 2 is 1.83 bits per heavy atom. The van der Waals surface area contributed by atoms with E-state index in [0.29, 0.717) is 22.5 Å². The first-order valence-corrected chi connectivity index (χ1v) is 10.0. The molecule has 1 aliphatic rings. The second-order valence-electron chi connectivity index (χ2n) is 7.14. The van der Waals surface area contributed by atoms with Crippen LogP contribution in [0.15, 0.2) is 45.7 Å². The maximum atomic E-state index is 13.5. The number of aryl methyl sites for hydroxylation is 2. The van der Waals surface area contributed by atoms with E-state index < -0.39 is 11.9 Å². The van der Waals surface area contributed by atoms with Crippen molar-refractivity contribution in [1.29, 1.82) is 0 Å². The molecule has 1 unspecified atom stereocenters. The summed E-state index contributed by atoms with van der Waals surface area (Å²) in [5, 5.41) is 0. The molecule has 0 bridgehead atoms. The highest BCUT2D eigenvalue weighted by atomic mass is 79.9. The lowest BCUT2D eigenvalue weighted by molar-refractivity contribution is -0.131. The summed E-state index contributed by atoms with van der Waals surface area (Å²) in [6.45, 7) is 1.88.